The van der Waals surface area contributed by atoms with Crippen molar-refractivity contribution in [1.82, 2.24) is 0 Å². The van der Waals surface area contributed by atoms with Crippen molar-refractivity contribution in [2.45, 2.75) is 38.5 Å². The Hall–Kier alpha value is -2.94. The molecule has 0 fully saturated rings. The van der Waals surface area contributed by atoms with Crippen molar-refractivity contribution in [3.8, 4) is 16.9 Å². The van der Waals surface area contributed by atoms with Crippen LogP contribution in [0.1, 0.15) is 48.3 Å². The molecule has 30 heavy (non-hydrogen) atoms. The molecule has 0 aliphatic heterocycles. The van der Waals surface area contributed by atoms with Gasteiger partial charge < -0.3 is 4.74 Å². The van der Waals surface area contributed by atoms with Crippen molar-refractivity contribution in [3.05, 3.63) is 101 Å². The zero-order valence-corrected chi connectivity index (χ0v) is 17.4. The largest absolute Gasteiger partial charge is 0.491 e. The highest BCUT2D eigenvalue weighted by Gasteiger charge is 2.19. The van der Waals surface area contributed by atoms with Crippen molar-refractivity contribution in [1.29, 1.82) is 0 Å². The highest BCUT2D eigenvalue weighted by Crippen LogP contribution is 2.36. The molecular formula is C27H26F2O. The lowest BCUT2D eigenvalue weighted by molar-refractivity contribution is 0.314. The van der Waals surface area contributed by atoms with Gasteiger partial charge in [-0.15, -0.1) is 0 Å². The predicted molar refractivity (Wildman–Crippen MR) is 118 cm³/mol. The maximum Gasteiger partial charge on any atom is 0.201 e. The number of allylic oxidation sites excluding steroid dienone is 2. The lowest BCUT2D eigenvalue weighted by Crippen LogP contribution is -2.06. The smallest absolute Gasteiger partial charge is 0.201 e. The maximum absolute atomic E-state index is 14.5. The SMILES string of the molecule is CCOc1ccc(-c2ccc(C3C=CC(c4ccc(C)cc4)CC3)cc2)c(F)c1F. The van der Waals surface area contributed by atoms with Crippen LogP contribution in [0.5, 0.6) is 5.75 Å². The second kappa shape index (κ2) is 8.83. The van der Waals surface area contributed by atoms with Crippen LogP contribution in [-0.2, 0) is 0 Å². The van der Waals surface area contributed by atoms with E-state index in [0.29, 0.717) is 24.0 Å². The molecule has 0 saturated carbocycles. The molecule has 2 unspecified atom stereocenters. The van der Waals surface area contributed by atoms with Gasteiger partial charge in [0.2, 0.25) is 5.82 Å². The van der Waals surface area contributed by atoms with E-state index in [1.165, 1.54) is 22.8 Å². The molecule has 0 amide bonds. The molecule has 2 atom stereocenters. The second-order valence-corrected chi connectivity index (χ2v) is 7.88. The average Bonchev–Trinajstić information content (AvgIpc) is 2.78. The highest BCUT2D eigenvalue weighted by molar-refractivity contribution is 5.65. The Morgan fingerprint density at radius 3 is 1.87 bits per heavy atom. The number of benzene rings is 3. The van der Waals surface area contributed by atoms with Crippen LogP contribution < -0.4 is 4.74 Å². The fourth-order valence-corrected chi connectivity index (χ4v) is 4.12. The zero-order chi connectivity index (χ0) is 21.1. The van der Waals surface area contributed by atoms with Crippen LogP contribution in [0.15, 0.2) is 72.8 Å². The van der Waals surface area contributed by atoms with Gasteiger partial charge in [0.15, 0.2) is 11.6 Å². The van der Waals surface area contributed by atoms with Crippen LogP contribution in [0.4, 0.5) is 8.78 Å². The molecule has 0 bridgehead atoms. The summed E-state index contributed by atoms with van der Waals surface area (Å²) in [6.07, 6.45) is 6.75. The Balaban J connectivity index is 1.50. The Morgan fingerprint density at radius 2 is 1.33 bits per heavy atom. The van der Waals surface area contributed by atoms with Crippen LogP contribution in [0.3, 0.4) is 0 Å². The fraction of sp³-hybridized carbons (Fsp3) is 0.259. The van der Waals surface area contributed by atoms with Gasteiger partial charge in [-0.25, -0.2) is 4.39 Å². The van der Waals surface area contributed by atoms with Gasteiger partial charge in [-0.2, -0.15) is 4.39 Å². The lowest BCUT2D eigenvalue weighted by Gasteiger charge is -2.24. The van der Waals surface area contributed by atoms with Crippen LogP contribution >= 0.6 is 0 Å². The van der Waals surface area contributed by atoms with Crippen molar-refractivity contribution in [2.75, 3.05) is 6.61 Å². The van der Waals surface area contributed by atoms with Crippen molar-refractivity contribution in [3.63, 3.8) is 0 Å². The first-order valence-electron chi connectivity index (χ1n) is 10.5. The summed E-state index contributed by atoms with van der Waals surface area (Å²) >= 11 is 0. The molecule has 1 aliphatic rings. The molecule has 0 spiro atoms. The second-order valence-electron chi connectivity index (χ2n) is 7.88. The summed E-state index contributed by atoms with van der Waals surface area (Å²) in [5.41, 5.74) is 4.75. The van der Waals surface area contributed by atoms with E-state index in [2.05, 4.69) is 43.3 Å². The van der Waals surface area contributed by atoms with Crippen LogP contribution in [0, 0.1) is 18.6 Å². The molecule has 154 valence electrons. The molecule has 3 aromatic carbocycles. The molecule has 3 heteroatoms. The molecule has 1 nitrogen and oxygen atoms in total. The van der Waals surface area contributed by atoms with E-state index in [-0.39, 0.29) is 11.3 Å². The zero-order valence-electron chi connectivity index (χ0n) is 17.4. The number of aryl methyl sites for hydroxylation is 1. The summed E-state index contributed by atoms with van der Waals surface area (Å²) < 4.78 is 33.8. The van der Waals surface area contributed by atoms with Gasteiger partial charge in [-0.05, 0) is 55.5 Å². The summed E-state index contributed by atoms with van der Waals surface area (Å²) in [7, 11) is 0. The van der Waals surface area contributed by atoms with Crippen LogP contribution in [0.25, 0.3) is 11.1 Å². The summed E-state index contributed by atoms with van der Waals surface area (Å²) in [5.74, 6) is -1.04. The first kappa shape index (κ1) is 20.3. The van der Waals surface area contributed by atoms with Gasteiger partial charge in [0.25, 0.3) is 0 Å². The molecule has 4 rings (SSSR count). The monoisotopic (exact) mass is 404 g/mol. The molecule has 0 heterocycles. The maximum atomic E-state index is 14.5. The summed E-state index contributed by atoms with van der Waals surface area (Å²) in [5, 5.41) is 0. The van der Waals surface area contributed by atoms with E-state index < -0.39 is 11.6 Å². The van der Waals surface area contributed by atoms with E-state index >= 15 is 0 Å². The number of ether oxygens (including phenoxy) is 1. The first-order valence-corrected chi connectivity index (χ1v) is 10.5. The van der Waals surface area contributed by atoms with Gasteiger partial charge >= 0.3 is 0 Å². The van der Waals surface area contributed by atoms with Gasteiger partial charge in [-0.3, -0.25) is 0 Å². The van der Waals surface area contributed by atoms with Gasteiger partial charge in [0.1, 0.15) is 0 Å². The van der Waals surface area contributed by atoms with Crippen molar-refractivity contribution in [2.24, 2.45) is 0 Å². The first-order chi connectivity index (χ1) is 14.6. The standard InChI is InChI=1S/C27H26F2O/c1-3-30-25-17-16-24(26(28)27(25)29)23-14-12-22(13-15-23)21-10-8-20(9-11-21)19-6-4-18(2)5-7-19/h4-8,10,12-17,20-21H,3,9,11H2,1-2H3. The average molecular weight is 405 g/mol. The number of rotatable bonds is 5. The fourth-order valence-electron chi connectivity index (χ4n) is 4.12. The topological polar surface area (TPSA) is 9.23 Å². The molecule has 0 N–H and O–H groups in total. The van der Waals surface area contributed by atoms with E-state index in [1.807, 2.05) is 24.3 Å². The lowest BCUT2D eigenvalue weighted by atomic mass is 9.81. The third kappa shape index (κ3) is 4.16. The quantitative estimate of drug-likeness (QED) is 0.399. The minimum Gasteiger partial charge on any atom is -0.491 e. The number of halogens is 2. The minimum atomic E-state index is -0.934. The number of hydrogen-bond acceptors (Lipinski definition) is 1. The summed E-state index contributed by atoms with van der Waals surface area (Å²) in [4.78, 5) is 0. The number of hydrogen-bond donors (Lipinski definition) is 0. The molecule has 3 aromatic rings. The molecular weight excluding hydrogens is 378 g/mol. The Morgan fingerprint density at radius 1 is 0.767 bits per heavy atom. The van der Waals surface area contributed by atoms with Gasteiger partial charge in [0, 0.05) is 17.4 Å². The normalized spacial score (nSPS) is 18.4. The van der Waals surface area contributed by atoms with Gasteiger partial charge in [0.05, 0.1) is 6.61 Å². The minimum absolute atomic E-state index is 0.0501. The Kier molecular flexibility index (Phi) is 5.98. The van der Waals surface area contributed by atoms with Crippen molar-refractivity contribution < 1.29 is 13.5 Å². The van der Waals surface area contributed by atoms with Crippen LogP contribution in [0.2, 0.25) is 0 Å². The highest BCUT2D eigenvalue weighted by atomic mass is 19.2. The Labute approximate surface area is 177 Å². The van der Waals surface area contributed by atoms with E-state index in [1.54, 1.807) is 13.0 Å². The van der Waals surface area contributed by atoms with Crippen molar-refractivity contribution >= 4 is 0 Å². The molecule has 0 radical (unpaired) electrons. The third-order valence-electron chi connectivity index (χ3n) is 5.87. The predicted octanol–water partition coefficient (Wildman–Crippen LogP) is 7.56. The molecule has 0 saturated heterocycles. The molecule has 1 aliphatic carbocycles. The third-order valence-corrected chi connectivity index (χ3v) is 5.87. The van der Waals surface area contributed by atoms with E-state index in [9.17, 15) is 8.78 Å². The summed E-state index contributed by atoms with van der Waals surface area (Å²) in [6, 6.07) is 19.6. The van der Waals surface area contributed by atoms with Gasteiger partial charge in [-0.1, -0.05) is 66.2 Å². The molecule has 0 aromatic heterocycles. The van der Waals surface area contributed by atoms with E-state index in [4.69, 9.17) is 4.74 Å². The van der Waals surface area contributed by atoms with Crippen LogP contribution in [-0.4, -0.2) is 6.61 Å². The Bertz CT molecular complexity index is 1040. The van der Waals surface area contributed by atoms with E-state index in [0.717, 1.165) is 12.8 Å². The summed E-state index contributed by atoms with van der Waals surface area (Å²) in [6.45, 7) is 4.14.